The molecule has 0 atom stereocenters. The molecule has 27 heavy (non-hydrogen) atoms. The van der Waals surface area contributed by atoms with Crippen LogP contribution in [-0.2, 0) is 11.3 Å². The van der Waals surface area contributed by atoms with E-state index in [-0.39, 0.29) is 24.6 Å². The summed E-state index contributed by atoms with van der Waals surface area (Å²) in [7, 11) is 0. The van der Waals surface area contributed by atoms with Gasteiger partial charge in [-0.1, -0.05) is 11.6 Å². The van der Waals surface area contributed by atoms with E-state index in [4.69, 9.17) is 21.1 Å². The second-order valence-electron chi connectivity index (χ2n) is 5.83. The zero-order valence-electron chi connectivity index (χ0n) is 14.1. The topological polar surface area (TPSA) is 53.3 Å². The molecular formula is C19H13ClF2N2O3. The van der Waals surface area contributed by atoms with Crippen molar-refractivity contribution in [2.75, 3.05) is 6.61 Å². The number of aromatic nitrogens is 2. The second-order valence-corrected chi connectivity index (χ2v) is 6.27. The Labute approximate surface area is 158 Å². The van der Waals surface area contributed by atoms with Crippen molar-refractivity contribution in [1.82, 2.24) is 9.78 Å². The van der Waals surface area contributed by atoms with Gasteiger partial charge in [-0.2, -0.15) is 5.10 Å². The molecule has 0 saturated heterocycles. The summed E-state index contributed by atoms with van der Waals surface area (Å²) in [5.74, 6) is -1.68. The Morgan fingerprint density at radius 2 is 2.11 bits per heavy atom. The summed E-state index contributed by atoms with van der Waals surface area (Å²) in [5.41, 5.74) is 1.56. The first-order valence-electron chi connectivity index (χ1n) is 8.16. The molecule has 0 N–H and O–H groups in total. The lowest BCUT2D eigenvalue weighted by molar-refractivity contribution is 0.0516. The number of ether oxygens (including phenoxy) is 2. The number of carbonyl (C=O) groups is 1. The van der Waals surface area contributed by atoms with Gasteiger partial charge >= 0.3 is 5.97 Å². The average Bonchev–Trinajstić information content (AvgIpc) is 3.01. The Kier molecular flexibility index (Phi) is 4.31. The molecular weight excluding hydrogens is 378 g/mol. The fourth-order valence-corrected chi connectivity index (χ4v) is 3.18. The maximum atomic E-state index is 14.4. The van der Waals surface area contributed by atoms with Crippen LogP contribution in [0.3, 0.4) is 0 Å². The van der Waals surface area contributed by atoms with E-state index in [9.17, 15) is 13.6 Å². The van der Waals surface area contributed by atoms with Crippen molar-refractivity contribution in [2.45, 2.75) is 13.5 Å². The van der Waals surface area contributed by atoms with Crippen molar-refractivity contribution in [3.05, 3.63) is 64.3 Å². The molecule has 2 heterocycles. The molecule has 4 rings (SSSR count). The van der Waals surface area contributed by atoms with Gasteiger partial charge in [0.15, 0.2) is 11.5 Å². The number of fused-ring (bicyclic) bond motifs is 3. The second kappa shape index (κ2) is 6.66. The van der Waals surface area contributed by atoms with Crippen molar-refractivity contribution in [3.8, 4) is 22.7 Å². The van der Waals surface area contributed by atoms with Gasteiger partial charge in [0.25, 0.3) is 0 Å². The van der Waals surface area contributed by atoms with Gasteiger partial charge in [0.2, 0.25) is 0 Å². The van der Waals surface area contributed by atoms with E-state index in [1.165, 1.54) is 10.7 Å². The Morgan fingerprint density at radius 3 is 2.85 bits per heavy atom. The molecule has 0 amide bonds. The molecule has 0 spiro atoms. The molecule has 0 radical (unpaired) electrons. The van der Waals surface area contributed by atoms with Crippen LogP contribution in [0.2, 0.25) is 5.02 Å². The number of hydrogen-bond acceptors (Lipinski definition) is 4. The van der Waals surface area contributed by atoms with Gasteiger partial charge in [0.1, 0.15) is 23.9 Å². The van der Waals surface area contributed by atoms with E-state index in [1.54, 1.807) is 25.1 Å². The summed E-state index contributed by atoms with van der Waals surface area (Å²) in [6.45, 7) is 1.88. The van der Waals surface area contributed by atoms with Crippen LogP contribution in [0.1, 0.15) is 23.0 Å². The number of esters is 1. The highest BCUT2D eigenvalue weighted by Gasteiger charge is 2.31. The van der Waals surface area contributed by atoms with E-state index < -0.39 is 17.6 Å². The summed E-state index contributed by atoms with van der Waals surface area (Å²) >= 11 is 6.02. The van der Waals surface area contributed by atoms with Crippen LogP contribution in [0.4, 0.5) is 8.78 Å². The molecule has 0 bridgehead atoms. The first-order chi connectivity index (χ1) is 13.0. The minimum absolute atomic E-state index is 0.00555. The van der Waals surface area contributed by atoms with Crippen molar-refractivity contribution >= 4 is 17.6 Å². The Bertz CT molecular complexity index is 1070. The predicted molar refractivity (Wildman–Crippen MR) is 94.2 cm³/mol. The van der Waals surface area contributed by atoms with E-state index in [0.29, 0.717) is 27.6 Å². The SMILES string of the molecule is CCOC(=O)c1nn(-c2ccc(F)cc2F)c2c1COc1cc(Cl)ccc1-2. The monoisotopic (exact) mass is 390 g/mol. The summed E-state index contributed by atoms with van der Waals surface area (Å²) in [6, 6.07) is 8.12. The number of carbonyl (C=O) groups excluding carboxylic acids is 1. The molecule has 0 saturated carbocycles. The van der Waals surface area contributed by atoms with E-state index in [0.717, 1.165) is 12.1 Å². The number of rotatable bonds is 3. The smallest absolute Gasteiger partial charge is 0.359 e. The standard InChI is InChI=1S/C19H13ClF2N2O3/c1-2-26-19(25)17-13-9-27-16-7-10(20)3-5-12(16)18(13)24(23-17)15-6-4-11(21)8-14(15)22/h3-8H,2,9H2,1H3. The van der Waals surface area contributed by atoms with Crippen molar-refractivity contribution in [3.63, 3.8) is 0 Å². The Morgan fingerprint density at radius 1 is 1.30 bits per heavy atom. The first kappa shape index (κ1) is 17.5. The van der Waals surface area contributed by atoms with Crippen LogP contribution in [-0.4, -0.2) is 22.4 Å². The number of nitrogens with zero attached hydrogens (tertiary/aromatic N) is 2. The number of halogens is 3. The molecule has 0 unspecified atom stereocenters. The van der Waals surface area contributed by atoms with E-state index in [2.05, 4.69) is 5.10 Å². The van der Waals surface area contributed by atoms with E-state index in [1.807, 2.05) is 0 Å². The summed E-state index contributed by atoms with van der Waals surface area (Å²) < 4.78 is 39.8. The number of benzene rings is 2. The third-order valence-electron chi connectivity index (χ3n) is 4.16. The van der Waals surface area contributed by atoms with Crippen LogP contribution in [0.5, 0.6) is 5.75 Å². The first-order valence-corrected chi connectivity index (χ1v) is 8.54. The molecule has 5 nitrogen and oxygen atoms in total. The molecule has 138 valence electrons. The van der Waals surface area contributed by atoms with Crippen LogP contribution in [0.15, 0.2) is 36.4 Å². The highest BCUT2D eigenvalue weighted by Crippen LogP contribution is 2.41. The Balaban J connectivity index is 1.99. The highest BCUT2D eigenvalue weighted by molar-refractivity contribution is 6.30. The molecule has 1 aromatic heterocycles. The van der Waals surface area contributed by atoms with E-state index >= 15 is 0 Å². The van der Waals surface area contributed by atoms with Gasteiger partial charge in [0.05, 0.1) is 17.9 Å². The third kappa shape index (κ3) is 2.94. The van der Waals surface area contributed by atoms with Gasteiger partial charge in [-0.3, -0.25) is 0 Å². The van der Waals surface area contributed by atoms with Gasteiger partial charge in [-0.25, -0.2) is 18.3 Å². The van der Waals surface area contributed by atoms with Crippen LogP contribution < -0.4 is 4.74 Å². The maximum absolute atomic E-state index is 14.4. The summed E-state index contributed by atoms with van der Waals surface area (Å²) in [6.07, 6.45) is 0. The molecule has 1 aliphatic rings. The zero-order valence-corrected chi connectivity index (χ0v) is 14.9. The molecule has 0 fully saturated rings. The van der Waals surface area contributed by atoms with Crippen LogP contribution >= 0.6 is 11.6 Å². The zero-order chi connectivity index (χ0) is 19.1. The average molecular weight is 391 g/mol. The molecule has 2 aromatic carbocycles. The quantitative estimate of drug-likeness (QED) is 0.616. The largest absolute Gasteiger partial charge is 0.488 e. The van der Waals surface area contributed by atoms with Crippen molar-refractivity contribution in [2.24, 2.45) is 0 Å². The molecule has 0 aliphatic carbocycles. The normalized spacial score (nSPS) is 12.1. The van der Waals surface area contributed by atoms with Gasteiger partial charge < -0.3 is 9.47 Å². The fourth-order valence-electron chi connectivity index (χ4n) is 3.02. The summed E-state index contributed by atoms with van der Waals surface area (Å²) in [4.78, 5) is 12.3. The molecule has 3 aromatic rings. The fraction of sp³-hybridized carbons (Fsp3) is 0.158. The molecule has 1 aliphatic heterocycles. The van der Waals surface area contributed by atoms with Crippen molar-refractivity contribution < 1.29 is 23.0 Å². The van der Waals surface area contributed by atoms with Gasteiger partial charge in [0, 0.05) is 16.7 Å². The lowest BCUT2D eigenvalue weighted by atomic mass is 10.0. The van der Waals surface area contributed by atoms with Gasteiger partial charge in [-0.15, -0.1) is 0 Å². The lowest BCUT2D eigenvalue weighted by Crippen LogP contribution is -2.11. The minimum atomic E-state index is -0.808. The highest BCUT2D eigenvalue weighted by atomic mass is 35.5. The van der Waals surface area contributed by atoms with Crippen molar-refractivity contribution in [1.29, 1.82) is 0 Å². The Hall–Kier alpha value is -2.93. The number of hydrogen-bond donors (Lipinski definition) is 0. The summed E-state index contributed by atoms with van der Waals surface area (Å²) in [5, 5.41) is 4.73. The van der Waals surface area contributed by atoms with Gasteiger partial charge in [-0.05, 0) is 37.3 Å². The minimum Gasteiger partial charge on any atom is -0.488 e. The maximum Gasteiger partial charge on any atom is 0.359 e. The van der Waals surface area contributed by atoms with Crippen LogP contribution in [0.25, 0.3) is 16.9 Å². The lowest BCUT2D eigenvalue weighted by Gasteiger charge is -2.20. The van der Waals surface area contributed by atoms with Crippen LogP contribution in [0, 0.1) is 11.6 Å². The third-order valence-corrected chi connectivity index (χ3v) is 4.40. The predicted octanol–water partition coefficient (Wildman–Crippen LogP) is 4.54. The molecule has 8 heteroatoms.